The Morgan fingerprint density at radius 1 is 1.20 bits per heavy atom. The number of nitrogens with one attached hydrogen (secondary N) is 1. The SMILES string of the molecule is Cc1nc2ncccn2c1C(=O)Nc1cccc(-n2nnnc2C)c1. The number of benzene rings is 1. The van der Waals surface area contributed by atoms with E-state index in [1.807, 2.05) is 12.1 Å². The highest BCUT2D eigenvalue weighted by Gasteiger charge is 2.17. The highest BCUT2D eigenvalue weighted by molar-refractivity contribution is 6.04. The van der Waals surface area contributed by atoms with Crippen molar-refractivity contribution in [3.05, 3.63) is 59.9 Å². The second-order valence-corrected chi connectivity index (χ2v) is 5.48. The van der Waals surface area contributed by atoms with Gasteiger partial charge in [-0.25, -0.2) is 9.97 Å². The highest BCUT2D eigenvalue weighted by atomic mass is 16.2. The number of anilines is 1. The van der Waals surface area contributed by atoms with Crippen molar-refractivity contribution in [1.82, 2.24) is 34.6 Å². The van der Waals surface area contributed by atoms with Crippen molar-refractivity contribution < 1.29 is 4.79 Å². The number of tetrazole rings is 1. The fourth-order valence-electron chi connectivity index (χ4n) is 2.65. The zero-order valence-electron chi connectivity index (χ0n) is 13.6. The lowest BCUT2D eigenvalue weighted by Crippen LogP contribution is -2.16. The number of hydrogen-bond acceptors (Lipinski definition) is 6. The van der Waals surface area contributed by atoms with Gasteiger partial charge in [-0.2, -0.15) is 4.68 Å². The van der Waals surface area contributed by atoms with Gasteiger partial charge in [0.2, 0.25) is 5.78 Å². The molecule has 0 aliphatic rings. The van der Waals surface area contributed by atoms with Crippen LogP contribution >= 0.6 is 0 Å². The summed E-state index contributed by atoms with van der Waals surface area (Å²) in [4.78, 5) is 21.2. The second kappa shape index (κ2) is 5.78. The number of imidazole rings is 1. The largest absolute Gasteiger partial charge is 0.321 e. The van der Waals surface area contributed by atoms with E-state index in [-0.39, 0.29) is 5.91 Å². The van der Waals surface area contributed by atoms with Gasteiger partial charge in [0.25, 0.3) is 5.91 Å². The number of aromatic nitrogens is 7. The number of carbonyl (C=O) groups excluding carboxylic acids is 1. The Labute approximate surface area is 142 Å². The first kappa shape index (κ1) is 14.9. The summed E-state index contributed by atoms with van der Waals surface area (Å²) in [6.07, 6.45) is 3.40. The van der Waals surface area contributed by atoms with Crippen molar-refractivity contribution in [3.8, 4) is 5.69 Å². The van der Waals surface area contributed by atoms with Crippen LogP contribution in [0.15, 0.2) is 42.7 Å². The molecular weight excluding hydrogens is 320 g/mol. The van der Waals surface area contributed by atoms with Gasteiger partial charge in [0.05, 0.1) is 11.4 Å². The van der Waals surface area contributed by atoms with E-state index >= 15 is 0 Å². The second-order valence-electron chi connectivity index (χ2n) is 5.48. The van der Waals surface area contributed by atoms with Crippen LogP contribution in [0, 0.1) is 13.8 Å². The molecule has 0 saturated carbocycles. The third-order valence-electron chi connectivity index (χ3n) is 3.77. The first-order valence-corrected chi connectivity index (χ1v) is 7.60. The summed E-state index contributed by atoms with van der Waals surface area (Å²) >= 11 is 0. The molecule has 3 aromatic heterocycles. The summed E-state index contributed by atoms with van der Waals surface area (Å²) < 4.78 is 3.26. The molecule has 124 valence electrons. The number of carbonyl (C=O) groups is 1. The van der Waals surface area contributed by atoms with Crippen LogP contribution in [0.3, 0.4) is 0 Å². The van der Waals surface area contributed by atoms with Gasteiger partial charge < -0.3 is 5.32 Å². The average molecular weight is 334 g/mol. The molecule has 25 heavy (non-hydrogen) atoms. The predicted molar refractivity (Wildman–Crippen MR) is 89.6 cm³/mol. The highest BCUT2D eigenvalue weighted by Crippen LogP contribution is 2.17. The summed E-state index contributed by atoms with van der Waals surface area (Å²) in [5.41, 5.74) is 2.46. The van der Waals surface area contributed by atoms with Crippen LogP contribution in [0.4, 0.5) is 5.69 Å². The summed E-state index contributed by atoms with van der Waals surface area (Å²) in [6, 6.07) is 9.05. The topological polar surface area (TPSA) is 103 Å². The number of rotatable bonds is 3. The van der Waals surface area contributed by atoms with Crippen molar-refractivity contribution in [2.45, 2.75) is 13.8 Å². The predicted octanol–water partition coefficient (Wildman–Crippen LogP) is 1.57. The van der Waals surface area contributed by atoms with Crippen LogP contribution in [0.5, 0.6) is 0 Å². The summed E-state index contributed by atoms with van der Waals surface area (Å²) in [6.45, 7) is 3.59. The molecule has 0 radical (unpaired) electrons. The van der Waals surface area contributed by atoms with Crippen LogP contribution in [0.2, 0.25) is 0 Å². The van der Waals surface area contributed by atoms with Crippen LogP contribution in [-0.4, -0.2) is 40.5 Å². The number of nitrogens with zero attached hydrogens (tertiary/aromatic N) is 7. The van der Waals surface area contributed by atoms with Crippen molar-refractivity contribution in [3.63, 3.8) is 0 Å². The Bertz CT molecular complexity index is 1080. The molecule has 4 rings (SSSR count). The van der Waals surface area contributed by atoms with E-state index in [4.69, 9.17) is 0 Å². The maximum atomic E-state index is 12.7. The van der Waals surface area contributed by atoms with Gasteiger partial charge in [0.15, 0.2) is 5.82 Å². The number of amides is 1. The first-order chi connectivity index (χ1) is 12.1. The number of aryl methyl sites for hydroxylation is 2. The monoisotopic (exact) mass is 334 g/mol. The van der Waals surface area contributed by atoms with Crippen molar-refractivity contribution in [2.24, 2.45) is 0 Å². The number of hydrogen-bond donors (Lipinski definition) is 1. The molecule has 4 aromatic rings. The molecule has 0 saturated heterocycles. The van der Waals surface area contributed by atoms with Crippen LogP contribution in [0.25, 0.3) is 11.5 Å². The Morgan fingerprint density at radius 2 is 2.08 bits per heavy atom. The van der Waals surface area contributed by atoms with Crippen molar-refractivity contribution in [2.75, 3.05) is 5.32 Å². The minimum Gasteiger partial charge on any atom is -0.321 e. The lowest BCUT2D eigenvalue weighted by molar-refractivity contribution is 0.102. The molecule has 0 spiro atoms. The molecule has 0 bridgehead atoms. The Kier molecular flexibility index (Phi) is 3.46. The van der Waals surface area contributed by atoms with Crippen molar-refractivity contribution >= 4 is 17.4 Å². The lowest BCUT2D eigenvalue weighted by atomic mass is 10.2. The molecule has 0 unspecified atom stereocenters. The van der Waals surface area contributed by atoms with Gasteiger partial charge in [-0.1, -0.05) is 6.07 Å². The molecule has 1 amide bonds. The van der Waals surface area contributed by atoms with Gasteiger partial charge in [-0.05, 0) is 48.5 Å². The third-order valence-corrected chi connectivity index (χ3v) is 3.77. The molecule has 0 fully saturated rings. The molecular formula is C16H14N8O. The average Bonchev–Trinajstić information content (AvgIpc) is 3.17. The molecule has 0 atom stereocenters. The van der Waals surface area contributed by atoms with Crippen LogP contribution in [-0.2, 0) is 0 Å². The van der Waals surface area contributed by atoms with E-state index in [2.05, 4.69) is 30.8 Å². The Hall–Kier alpha value is -3.62. The Morgan fingerprint density at radius 3 is 2.88 bits per heavy atom. The molecule has 1 aromatic carbocycles. The quantitative estimate of drug-likeness (QED) is 0.610. The zero-order chi connectivity index (χ0) is 17.4. The number of fused-ring (bicyclic) bond motifs is 1. The smallest absolute Gasteiger partial charge is 0.274 e. The van der Waals surface area contributed by atoms with Gasteiger partial charge in [-0.3, -0.25) is 9.20 Å². The third kappa shape index (κ3) is 2.61. The standard InChI is InChI=1S/C16H14N8O/c1-10-14(23-8-4-7-17-16(23)18-10)15(25)19-12-5-3-6-13(9-12)24-11(2)20-21-22-24/h3-9H,1-2H3,(H,19,25). The first-order valence-electron chi connectivity index (χ1n) is 7.60. The minimum absolute atomic E-state index is 0.261. The molecule has 9 nitrogen and oxygen atoms in total. The molecule has 1 N–H and O–H groups in total. The summed E-state index contributed by atoms with van der Waals surface area (Å²) in [5.74, 6) is 0.888. The van der Waals surface area contributed by atoms with Gasteiger partial charge in [0, 0.05) is 18.1 Å². The van der Waals surface area contributed by atoms with E-state index < -0.39 is 0 Å². The Balaban J connectivity index is 1.67. The summed E-state index contributed by atoms with van der Waals surface area (Å²) in [5, 5.41) is 14.3. The van der Waals surface area contributed by atoms with E-state index in [9.17, 15) is 4.79 Å². The molecule has 3 heterocycles. The lowest BCUT2D eigenvalue weighted by Gasteiger charge is -2.08. The fourth-order valence-corrected chi connectivity index (χ4v) is 2.65. The van der Waals surface area contributed by atoms with Gasteiger partial charge >= 0.3 is 0 Å². The zero-order valence-corrected chi connectivity index (χ0v) is 13.6. The molecule has 0 aliphatic carbocycles. The van der Waals surface area contributed by atoms with Crippen molar-refractivity contribution in [1.29, 1.82) is 0 Å². The van der Waals surface area contributed by atoms with E-state index in [0.29, 0.717) is 28.7 Å². The van der Waals surface area contributed by atoms with E-state index in [1.165, 1.54) is 0 Å². The normalized spacial score (nSPS) is 11.0. The fraction of sp³-hybridized carbons (Fsp3) is 0.125. The molecule has 9 heteroatoms. The maximum Gasteiger partial charge on any atom is 0.274 e. The van der Waals surface area contributed by atoms with Crippen LogP contribution < -0.4 is 5.32 Å². The van der Waals surface area contributed by atoms with Gasteiger partial charge in [0.1, 0.15) is 5.69 Å². The van der Waals surface area contributed by atoms with Crippen LogP contribution in [0.1, 0.15) is 22.0 Å². The van der Waals surface area contributed by atoms with E-state index in [0.717, 1.165) is 5.69 Å². The van der Waals surface area contributed by atoms with Gasteiger partial charge in [-0.15, -0.1) is 5.10 Å². The maximum absolute atomic E-state index is 12.7. The molecule has 0 aliphatic heterocycles. The minimum atomic E-state index is -0.261. The summed E-state index contributed by atoms with van der Waals surface area (Å²) in [7, 11) is 0. The van der Waals surface area contributed by atoms with E-state index in [1.54, 1.807) is 53.5 Å².